The summed E-state index contributed by atoms with van der Waals surface area (Å²) in [5, 5.41) is 31.4. The highest BCUT2D eigenvalue weighted by molar-refractivity contribution is 8.03. The van der Waals surface area contributed by atoms with Gasteiger partial charge in [0.2, 0.25) is 11.8 Å². The normalized spacial score (nSPS) is 24.7. The average Bonchev–Trinajstić information content (AvgIpc) is 3.64. The van der Waals surface area contributed by atoms with Crippen LogP contribution in [0.4, 0.5) is 15.3 Å². The molecule has 55 heavy (non-hydrogen) atoms. The molecule has 4 aliphatic rings. The number of nitrogens with zero attached hydrogens (tertiary/aromatic N) is 6. The fraction of sp³-hybridized carbons (Fsp3) is 0.629. The number of ether oxygens (including phenoxy) is 2. The molecule has 302 valence electrons. The van der Waals surface area contributed by atoms with Crippen LogP contribution < -0.4 is 5.73 Å². The fourth-order valence-electron chi connectivity index (χ4n) is 7.51. The Morgan fingerprint density at radius 1 is 1.15 bits per heavy atom. The number of aliphatic hydroxyl groups excluding tert-OH is 1. The third-order valence-electron chi connectivity index (χ3n) is 10.5. The van der Waals surface area contributed by atoms with E-state index < -0.39 is 35.0 Å². The zero-order chi connectivity index (χ0) is 40.0. The molecular formula is C35H49N7O11S2. The molecular weight excluding hydrogens is 759 g/mol. The van der Waals surface area contributed by atoms with Crippen molar-refractivity contribution in [2.24, 2.45) is 17.6 Å². The Balaban J connectivity index is 1.15. The number of nitrogens with two attached hydrogens (primary N) is 1. The number of hydrogen-bond acceptors (Lipinski definition) is 14. The smallest absolute Gasteiger partial charge is 0.404 e. The number of rotatable bonds is 17. The first-order valence-corrected chi connectivity index (χ1v) is 20.2. The standard InChI is InChI=1S/C35H49N7O11S2/c1-21-29-28(22(2)43)32(45)41(29)30(33(46)47)31(21)55-26-16-25(40(17-26)20-52-18-23-4-6-24(7-5-23)42(50)51)19-54-15-8-27(44)37(3)35(49)39-11-9-38(10-12-39)13-14-53-34(36)48/h4-7,21-22,25-26,28-29,43H,8-20H2,1-3H3,(H2,36,48)(H,46,47)/t21-,22-,25+,26+,28-,29-/m1/s1. The van der Waals surface area contributed by atoms with Gasteiger partial charge in [-0.3, -0.25) is 34.4 Å². The highest BCUT2D eigenvalue weighted by Gasteiger charge is 2.60. The molecule has 0 aliphatic carbocycles. The number of urea groups is 1. The molecule has 5 rings (SSSR count). The second-order valence-electron chi connectivity index (χ2n) is 14.1. The van der Waals surface area contributed by atoms with Crippen LogP contribution in [0.5, 0.6) is 0 Å². The first-order valence-electron chi connectivity index (χ1n) is 18.2. The Labute approximate surface area is 327 Å². The zero-order valence-corrected chi connectivity index (χ0v) is 32.7. The molecule has 4 N–H and O–H groups in total. The van der Waals surface area contributed by atoms with Gasteiger partial charge in [0.05, 0.1) is 36.3 Å². The summed E-state index contributed by atoms with van der Waals surface area (Å²) in [6.45, 7) is 7.19. The van der Waals surface area contributed by atoms with Crippen molar-refractivity contribution in [3.63, 3.8) is 0 Å². The molecule has 4 heterocycles. The Kier molecular flexibility index (Phi) is 14.4. The second-order valence-corrected chi connectivity index (χ2v) is 16.6. The van der Waals surface area contributed by atoms with Crippen LogP contribution in [0.25, 0.3) is 0 Å². The van der Waals surface area contributed by atoms with Crippen molar-refractivity contribution in [1.82, 2.24) is 24.5 Å². The molecule has 0 spiro atoms. The molecule has 3 saturated heterocycles. The van der Waals surface area contributed by atoms with E-state index in [1.807, 2.05) is 11.8 Å². The quantitative estimate of drug-likeness (QED) is 0.0883. The first-order chi connectivity index (χ1) is 26.2. The van der Waals surface area contributed by atoms with Gasteiger partial charge in [-0.05, 0) is 31.0 Å². The number of β-lactam (4-membered cyclic amide) rings is 1. The van der Waals surface area contributed by atoms with Gasteiger partial charge < -0.3 is 35.2 Å². The largest absolute Gasteiger partial charge is 0.477 e. The van der Waals surface area contributed by atoms with Gasteiger partial charge in [0.25, 0.3) is 5.69 Å². The number of likely N-dealkylation sites (tertiary alicyclic amines) is 1. The molecule has 20 heteroatoms. The number of benzene rings is 1. The fourth-order valence-corrected chi connectivity index (χ4v) is 10.2. The van der Waals surface area contributed by atoms with Crippen molar-refractivity contribution < 1.29 is 48.6 Å². The number of carbonyl (C=O) groups excluding carboxylic acids is 4. The number of piperazine rings is 1. The number of carboxylic acids is 1. The summed E-state index contributed by atoms with van der Waals surface area (Å²) in [7, 11) is 1.48. The van der Waals surface area contributed by atoms with Gasteiger partial charge in [0.15, 0.2) is 0 Å². The molecule has 1 aromatic carbocycles. The number of nitro benzene ring substituents is 1. The molecule has 0 radical (unpaired) electrons. The first kappa shape index (κ1) is 42.2. The number of fused-ring (bicyclic) bond motifs is 1. The highest BCUT2D eigenvalue weighted by atomic mass is 32.2. The Morgan fingerprint density at radius 2 is 1.84 bits per heavy atom. The van der Waals surface area contributed by atoms with Crippen molar-refractivity contribution in [2.45, 2.75) is 56.7 Å². The number of thioether (sulfide) groups is 2. The Bertz CT molecular complexity index is 1640. The number of primary amides is 1. The van der Waals surface area contributed by atoms with Gasteiger partial charge in [-0.2, -0.15) is 11.8 Å². The SMILES string of the molecule is C[C@@H](O)[C@H]1C(=O)N2C(C(=O)O)=C(S[C@H]3C[C@@H](CSCCC(=O)N(C)C(=O)N4CCN(CCOC(N)=O)CC4)N(COCc4ccc([N+](=O)[O-])cc4)C3)[C@H](C)[C@H]12. The Hall–Kier alpha value is -3.95. The summed E-state index contributed by atoms with van der Waals surface area (Å²) in [6, 6.07) is 5.37. The van der Waals surface area contributed by atoms with Gasteiger partial charge >= 0.3 is 18.1 Å². The minimum Gasteiger partial charge on any atom is -0.477 e. The lowest BCUT2D eigenvalue weighted by Gasteiger charge is -2.46. The summed E-state index contributed by atoms with van der Waals surface area (Å²) in [6.07, 6.45) is -0.884. The van der Waals surface area contributed by atoms with E-state index in [0.29, 0.717) is 62.1 Å². The lowest BCUT2D eigenvalue weighted by molar-refractivity contribution is -0.384. The highest BCUT2D eigenvalue weighted by Crippen LogP contribution is 2.52. The summed E-state index contributed by atoms with van der Waals surface area (Å²) < 4.78 is 10.8. The van der Waals surface area contributed by atoms with Gasteiger partial charge in [-0.25, -0.2) is 14.4 Å². The maximum Gasteiger partial charge on any atom is 0.404 e. The van der Waals surface area contributed by atoms with Crippen molar-refractivity contribution in [2.75, 3.05) is 71.2 Å². The van der Waals surface area contributed by atoms with Gasteiger partial charge in [-0.15, -0.1) is 11.8 Å². The maximum absolute atomic E-state index is 13.1. The van der Waals surface area contributed by atoms with E-state index in [0.717, 1.165) is 10.5 Å². The molecule has 6 atom stereocenters. The van der Waals surface area contributed by atoms with E-state index in [9.17, 15) is 44.3 Å². The van der Waals surface area contributed by atoms with E-state index in [2.05, 4.69) is 4.90 Å². The van der Waals surface area contributed by atoms with Gasteiger partial charge in [0.1, 0.15) is 12.3 Å². The van der Waals surface area contributed by atoms with Crippen molar-refractivity contribution in [3.8, 4) is 0 Å². The summed E-state index contributed by atoms with van der Waals surface area (Å²) in [4.78, 5) is 81.7. The molecule has 0 saturated carbocycles. The second kappa shape index (κ2) is 18.8. The van der Waals surface area contributed by atoms with Crippen LogP contribution in [0, 0.1) is 22.0 Å². The number of imide groups is 1. The number of non-ortho nitro benzene ring substituents is 1. The average molecular weight is 808 g/mol. The van der Waals surface area contributed by atoms with Crippen LogP contribution in [-0.4, -0.2) is 164 Å². The van der Waals surface area contributed by atoms with Crippen LogP contribution in [0.2, 0.25) is 0 Å². The van der Waals surface area contributed by atoms with Crippen LogP contribution in [0.15, 0.2) is 34.9 Å². The molecule has 4 aliphatic heterocycles. The number of amides is 5. The topological polar surface area (TPSA) is 230 Å². The minimum absolute atomic E-state index is 0.00736. The molecule has 1 aromatic rings. The maximum atomic E-state index is 13.1. The van der Waals surface area contributed by atoms with Crippen molar-refractivity contribution in [1.29, 1.82) is 0 Å². The zero-order valence-electron chi connectivity index (χ0n) is 31.1. The van der Waals surface area contributed by atoms with E-state index in [-0.39, 0.29) is 72.8 Å². The van der Waals surface area contributed by atoms with E-state index in [1.165, 1.54) is 35.8 Å². The number of carboxylic acid groups (broad SMARTS) is 1. The summed E-state index contributed by atoms with van der Waals surface area (Å²) in [5.74, 6) is -1.64. The lowest BCUT2D eigenvalue weighted by atomic mass is 9.79. The van der Waals surface area contributed by atoms with Crippen molar-refractivity contribution in [3.05, 3.63) is 50.5 Å². The van der Waals surface area contributed by atoms with Gasteiger partial charge in [-0.1, -0.05) is 6.92 Å². The number of aliphatic carboxylic acids is 1. The van der Waals surface area contributed by atoms with Gasteiger partial charge in [0, 0.05) is 98.5 Å². The predicted molar refractivity (Wildman–Crippen MR) is 203 cm³/mol. The lowest BCUT2D eigenvalue weighted by Crippen LogP contribution is -2.63. The molecule has 0 unspecified atom stereocenters. The monoisotopic (exact) mass is 807 g/mol. The molecule has 0 bridgehead atoms. The van der Waals surface area contributed by atoms with E-state index in [1.54, 1.807) is 35.7 Å². The molecule has 0 aromatic heterocycles. The number of hydrogen-bond donors (Lipinski definition) is 3. The molecule has 5 amide bonds. The van der Waals surface area contributed by atoms with Crippen LogP contribution >= 0.6 is 23.5 Å². The van der Waals surface area contributed by atoms with E-state index in [4.69, 9.17) is 15.2 Å². The van der Waals surface area contributed by atoms with E-state index >= 15 is 0 Å². The predicted octanol–water partition coefficient (Wildman–Crippen LogP) is 1.81. The van der Waals surface area contributed by atoms with Crippen molar-refractivity contribution >= 4 is 59.1 Å². The summed E-state index contributed by atoms with van der Waals surface area (Å²) in [5.41, 5.74) is 5.74. The molecule has 18 nitrogen and oxygen atoms in total. The van der Waals surface area contributed by atoms with Crippen LogP contribution in [0.1, 0.15) is 32.3 Å². The number of aliphatic hydroxyl groups is 1. The third kappa shape index (κ3) is 10.1. The number of carbonyl (C=O) groups is 5. The third-order valence-corrected chi connectivity index (χ3v) is 13.1. The number of nitro groups is 1. The Morgan fingerprint density at radius 3 is 2.45 bits per heavy atom. The molecule has 3 fully saturated rings. The van der Waals surface area contributed by atoms with Crippen LogP contribution in [0.3, 0.4) is 0 Å². The summed E-state index contributed by atoms with van der Waals surface area (Å²) >= 11 is 3.03. The van der Waals surface area contributed by atoms with Crippen LogP contribution in [-0.2, 0) is 30.5 Å². The minimum atomic E-state index is -1.18.